The number of aromatic nitrogens is 2. The lowest BCUT2D eigenvalue weighted by Crippen LogP contribution is -2.48. The number of hydrogen-bond acceptors (Lipinski definition) is 9. The van der Waals surface area contributed by atoms with E-state index in [0.717, 1.165) is 0 Å². The summed E-state index contributed by atoms with van der Waals surface area (Å²) in [4.78, 5) is 46.1. The topological polar surface area (TPSA) is 197 Å². The average molecular weight is 475 g/mol. The first kappa shape index (κ1) is 32.2. The van der Waals surface area contributed by atoms with Gasteiger partial charge in [0.25, 0.3) is 0 Å². The highest BCUT2D eigenvalue weighted by molar-refractivity contribution is 5.71. The van der Waals surface area contributed by atoms with Gasteiger partial charge in [0, 0.05) is 26.3 Å². The van der Waals surface area contributed by atoms with Gasteiger partial charge in [-0.15, -0.1) is 0 Å². The van der Waals surface area contributed by atoms with Gasteiger partial charge >= 0.3 is 23.6 Å². The first-order valence-corrected chi connectivity index (χ1v) is 10.4. The molecule has 1 atom stereocenters. The molecule has 0 spiro atoms. The molecule has 1 aromatic heterocycles. The van der Waals surface area contributed by atoms with E-state index >= 15 is 0 Å². The second-order valence-electron chi connectivity index (χ2n) is 8.10. The molecule has 12 heteroatoms. The molecule has 6 N–H and O–H groups in total. The van der Waals surface area contributed by atoms with Gasteiger partial charge in [-0.05, 0) is 6.07 Å². The maximum Gasteiger partial charge on any atom is 0.349 e. The summed E-state index contributed by atoms with van der Waals surface area (Å²) in [5.41, 5.74) is 9.80. The molecular formula is C21H38N4O8. The van der Waals surface area contributed by atoms with Crippen LogP contribution in [0.25, 0.3) is 0 Å². The van der Waals surface area contributed by atoms with E-state index in [1.165, 1.54) is 23.9 Å². The Morgan fingerprint density at radius 3 is 1.85 bits per heavy atom. The fourth-order valence-corrected chi connectivity index (χ4v) is 1.52. The van der Waals surface area contributed by atoms with Crippen LogP contribution in [0.15, 0.2) is 17.1 Å². The summed E-state index contributed by atoms with van der Waals surface area (Å²) < 4.78 is 11.6. The molecular weight excluding hydrogens is 436 g/mol. The summed E-state index contributed by atoms with van der Waals surface area (Å²) >= 11 is 0. The van der Waals surface area contributed by atoms with E-state index in [9.17, 15) is 19.2 Å². The summed E-state index contributed by atoms with van der Waals surface area (Å²) in [5.74, 6) is -2.38. The maximum atomic E-state index is 11.6. The lowest BCUT2D eigenvalue weighted by molar-refractivity contribution is -0.157. The summed E-state index contributed by atoms with van der Waals surface area (Å²) in [5, 5.41) is 16.0. The molecule has 0 aliphatic heterocycles. The molecule has 0 aliphatic carbocycles. The largest absolute Gasteiger partial charge is 0.481 e. The molecule has 0 unspecified atom stereocenters. The molecule has 0 saturated heterocycles. The van der Waals surface area contributed by atoms with Crippen LogP contribution in [0.3, 0.4) is 0 Å². The molecule has 1 heterocycles. The van der Waals surface area contributed by atoms with Crippen LogP contribution in [0.5, 0.6) is 0 Å². The van der Waals surface area contributed by atoms with Crippen molar-refractivity contribution in [2.45, 2.75) is 60.2 Å². The maximum absolute atomic E-state index is 11.6. The van der Waals surface area contributed by atoms with E-state index in [4.69, 9.17) is 31.2 Å². The number of esters is 1. The molecule has 0 bridgehead atoms. The Bertz CT molecular complexity index is 790. The van der Waals surface area contributed by atoms with Gasteiger partial charge in [-0.3, -0.25) is 19.0 Å². The summed E-state index contributed by atoms with van der Waals surface area (Å²) in [6.45, 7) is 10.2. The van der Waals surface area contributed by atoms with Crippen LogP contribution in [0, 0.1) is 17.8 Å². The van der Waals surface area contributed by atoms with Crippen molar-refractivity contribution in [2.75, 3.05) is 19.5 Å². The van der Waals surface area contributed by atoms with Crippen molar-refractivity contribution in [1.29, 1.82) is 0 Å². The van der Waals surface area contributed by atoms with E-state index < -0.39 is 23.4 Å². The standard InChI is InChI=1S/C13H22N4O4.2C4H8O2/c1-9(2)11(18)21-8-13(15,20-3)5-7-17-6-4-10(14)16-12(17)19;2*1-3(2)4(5)6/h4,6,9H,5,7-8,15H2,1-3H3,(H2,14,16,19);2*3H,1-2H3,(H,5,6)/t13-;;/m0../s1. The number of carbonyl (C=O) groups excluding carboxylic acids is 1. The Morgan fingerprint density at radius 2 is 1.52 bits per heavy atom. The highest BCUT2D eigenvalue weighted by Gasteiger charge is 2.27. The summed E-state index contributed by atoms with van der Waals surface area (Å²) in [6, 6.07) is 1.52. The van der Waals surface area contributed by atoms with Gasteiger partial charge in [-0.25, -0.2) is 4.79 Å². The van der Waals surface area contributed by atoms with Gasteiger partial charge in [0.1, 0.15) is 12.4 Å². The zero-order chi connectivity index (χ0) is 26.4. The van der Waals surface area contributed by atoms with Crippen LogP contribution in [-0.2, 0) is 30.4 Å². The van der Waals surface area contributed by atoms with Crippen LogP contribution in [0.2, 0.25) is 0 Å². The van der Waals surface area contributed by atoms with Crippen LogP contribution in [0.1, 0.15) is 48.0 Å². The van der Waals surface area contributed by atoms with Crippen molar-refractivity contribution in [2.24, 2.45) is 23.5 Å². The molecule has 0 aliphatic rings. The highest BCUT2D eigenvalue weighted by atomic mass is 16.6. The van der Waals surface area contributed by atoms with Gasteiger partial charge in [0.05, 0.1) is 17.8 Å². The minimum Gasteiger partial charge on any atom is -0.481 e. The summed E-state index contributed by atoms with van der Waals surface area (Å²) in [6.07, 6.45) is 1.81. The van der Waals surface area contributed by atoms with Crippen LogP contribution < -0.4 is 17.2 Å². The number of aryl methyl sites for hydroxylation is 1. The Hall–Kier alpha value is -2.99. The fourth-order valence-electron chi connectivity index (χ4n) is 1.52. The molecule has 190 valence electrons. The fraction of sp³-hybridized carbons (Fsp3) is 0.667. The monoisotopic (exact) mass is 474 g/mol. The molecule has 1 aromatic rings. The number of carboxylic acid groups (broad SMARTS) is 2. The molecule has 1 rings (SSSR count). The van der Waals surface area contributed by atoms with Crippen molar-refractivity contribution >= 4 is 23.7 Å². The quantitative estimate of drug-likeness (QED) is 0.296. The number of ether oxygens (including phenoxy) is 2. The predicted octanol–water partition coefficient (Wildman–Crippen LogP) is 1.17. The molecule has 0 radical (unpaired) electrons. The number of carbonyl (C=O) groups is 3. The van der Waals surface area contributed by atoms with Gasteiger partial charge in [0.15, 0.2) is 5.72 Å². The van der Waals surface area contributed by atoms with Crippen molar-refractivity contribution in [3.8, 4) is 0 Å². The van der Waals surface area contributed by atoms with Crippen LogP contribution in [-0.4, -0.2) is 57.1 Å². The predicted molar refractivity (Wildman–Crippen MR) is 122 cm³/mol. The molecule has 0 amide bonds. The van der Waals surface area contributed by atoms with E-state index in [-0.39, 0.29) is 49.1 Å². The van der Waals surface area contributed by atoms with E-state index in [0.29, 0.717) is 0 Å². The van der Waals surface area contributed by atoms with Crippen LogP contribution in [0.4, 0.5) is 5.82 Å². The van der Waals surface area contributed by atoms with E-state index in [2.05, 4.69) is 4.98 Å². The smallest absolute Gasteiger partial charge is 0.349 e. The number of nitrogens with zero attached hydrogens (tertiary/aromatic N) is 2. The number of aliphatic carboxylic acids is 2. The Labute approximate surface area is 193 Å². The Morgan fingerprint density at radius 1 is 1.06 bits per heavy atom. The molecule has 33 heavy (non-hydrogen) atoms. The van der Waals surface area contributed by atoms with Crippen molar-refractivity contribution in [3.05, 3.63) is 22.7 Å². The lowest BCUT2D eigenvalue weighted by Gasteiger charge is -2.27. The third kappa shape index (κ3) is 15.5. The lowest BCUT2D eigenvalue weighted by atomic mass is 10.1. The number of methoxy groups -OCH3 is 1. The normalized spacial score (nSPS) is 12.2. The first-order valence-electron chi connectivity index (χ1n) is 10.4. The van der Waals surface area contributed by atoms with E-state index in [1.54, 1.807) is 41.5 Å². The zero-order valence-electron chi connectivity index (χ0n) is 20.4. The van der Waals surface area contributed by atoms with Crippen molar-refractivity contribution in [1.82, 2.24) is 9.55 Å². The van der Waals surface area contributed by atoms with Gasteiger partial charge in [0.2, 0.25) is 0 Å². The highest BCUT2D eigenvalue weighted by Crippen LogP contribution is 2.11. The zero-order valence-corrected chi connectivity index (χ0v) is 20.4. The number of carboxylic acids is 2. The third-order valence-corrected chi connectivity index (χ3v) is 4.00. The van der Waals surface area contributed by atoms with Gasteiger partial charge < -0.3 is 31.2 Å². The second kappa shape index (κ2) is 15.8. The Balaban J connectivity index is 0. The van der Waals surface area contributed by atoms with Gasteiger partial charge in [-0.2, -0.15) is 4.98 Å². The SMILES string of the molecule is CC(C)C(=O)O.CC(C)C(=O)O.CO[C@@](N)(CCn1ccc(N)nc1=O)COC(=O)C(C)C. The number of nitrogen functional groups attached to an aromatic ring is 1. The number of nitrogens with two attached hydrogens (primary N) is 2. The minimum atomic E-state index is -1.16. The number of anilines is 1. The first-order chi connectivity index (χ1) is 15.1. The summed E-state index contributed by atoms with van der Waals surface area (Å²) in [7, 11) is 1.42. The molecule has 0 fully saturated rings. The molecule has 12 nitrogen and oxygen atoms in total. The number of rotatable bonds is 9. The Kier molecular flexibility index (Phi) is 15.4. The van der Waals surface area contributed by atoms with E-state index in [1.807, 2.05) is 0 Å². The van der Waals surface area contributed by atoms with Crippen molar-refractivity contribution in [3.63, 3.8) is 0 Å². The van der Waals surface area contributed by atoms with Gasteiger partial charge in [-0.1, -0.05) is 41.5 Å². The number of hydrogen-bond donors (Lipinski definition) is 4. The average Bonchev–Trinajstić information content (AvgIpc) is 2.72. The molecule has 0 saturated carbocycles. The van der Waals surface area contributed by atoms with Crippen molar-refractivity contribution < 1.29 is 34.1 Å². The second-order valence-corrected chi connectivity index (χ2v) is 8.10. The third-order valence-electron chi connectivity index (χ3n) is 4.00. The molecule has 0 aromatic carbocycles. The minimum absolute atomic E-state index is 0.0856. The van der Waals surface area contributed by atoms with Crippen LogP contribution >= 0.6 is 0 Å².